The Bertz CT molecular complexity index is 450. The fraction of sp³-hybridized carbons (Fsp3) is 0.875. The molecule has 1 heterocycles. The van der Waals surface area contributed by atoms with Crippen LogP contribution in [0.15, 0.2) is 4.52 Å². The highest BCUT2D eigenvalue weighted by Gasteiger charge is 2.35. The normalized spacial score (nSPS) is 23.7. The molecule has 0 saturated heterocycles. The summed E-state index contributed by atoms with van der Waals surface area (Å²) >= 11 is 0. The van der Waals surface area contributed by atoms with E-state index in [-0.39, 0.29) is 11.6 Å². The summed E-state index contributed by atoms with van der Waals surface area (Å²) < 4.78 is 11.4. The highest BCUT2D eigenvalue weighted by molar-refractivity contribution is 5.02. The van der Waals surface area contributed by atoms with Gasteiger partial charge in [-0.3, -0.25) is 0 Å². The van der Waals surface area contributed by atoms with Crippen molar-refractivity contribution in [1.82, 2.24) is 10.1 Å². The molecule has 5 nitrogen and oxygen atoms in total. The number of nitrogens with two attached hydrogens (primary N) is 1. The van der Waals surface area contributed by atoms with Crippen molar-refractivity contribution in [1.29, 1.82) is 0 Å². The quantitative estimate of drug-likeness (QED) is 0.872. The summed E-state index contributed by atoms with van der Waals surface area (Å²) in [6.07, 6.45) is 10.3. The van der Waals surface area contributed by atoms with Crippen LogP contribution in [0.3, 0.4) is 0 Å². The number of aromatic nitrogens is 2. The molecule has 2 saturated carbocycles. The molecule has 5 heteroatoms. The smallest absolute Gasteiger partial charge is 0.228 e. The van der Waals surface area contributed by atoms with Crippen molar-refractivity contribution in [3.05, 3.63) is 11.7 Å². The average Bonchev–Trinajstić information content (AvgIpc) is 2.92. The minimum absolute atomic E-state index is 0.0112. The number of ether oxygens (including phenoxy) is 1. The third kappa shape index (κ3) is 3.46. The van der Waals surface area contributed by atoms with Crippen LogP contribution in [-0.4, -0.2) is 22.3 Å². The third-order valence-electron chi connectivity index (χ3n) is 5.02. The number of hydrogen-bond acceptors (Lipinski definition) is 5. The van der Waals surface area contributed by atoms with Crippen LogP contribution in [0, 0.1) is 5.92 Å². The number of nitrogens with zero attached hydrogens (tertiary/aromatic N) is 2. The fourth-order valence-electron chi connectivity index (χ4n) is 3.60. The minimum Gasteiger partial charge on any atom is -0.370 e. The zero-order valence-electron chi connectivity index (χ0n) is 13.0. The van der Waals surface area contributed by atoms with Gasteiger partial charge in [0, 0.05) is 18.6 Å². The van der Waals surface area contributed by atoms with Gasteiger partial charge in [0.1, 0.15) is 6.10 Å². The van der Waals surface area contributed by atoms with E-state index in [0.29, 0.717) is 24.8 Å². The van der Waals surface area contributed by atoms with Gasteiger partial charge in [-0.15, -0.1) is 0 Å². The molecule has 118 valence electrons. The number of rotatable bonds is 6. The molecule has 0 radical (unpaired) electrons. The monoisotopic (exact) mass is 293 g/mol. The highest BCUT2D eigenvalue weighted by Crippen LogP contribution is 2.36. The summed E-state index contributed by atoms with van der Waals surface area (Å²) in [5, 5.41) is 4.19. The molecule has 1 atom stereocenters. The van der Waals surface area contributed by atoms with Gasteiger partial charge in [0.2, 0.25) is 11.7 Å². The summed E-state index contributed by atoms with van der Waals surface area (Å²) in [6.45, 7) is 2.71. The van der Waals surface area contributed by atoms with Crippen molar-refractivity contribution in [3.63, 3.8) is 0 Å². The number of hydrogen-bond donors (Lipinski definition) is 1. The topological polar surface area (TPSA) is 74.2 Å². The van der Waals surface area contributed by atoms with Gasteiger partial charge in [-0.25, -0.2) is 0 Å². The zero-order chi connectivity index (χ0) is 14.7. The molecule has 3 rings (SSSR count). The van der Waals surface area contributed by atoms with Gasteiger partial charge in [0.05, 0.1) is 0 Å². The second-order valence-electron chi connectivity index (χ2n) is 6.71. The van der Waals surface area contributed by atoms with Crippen molar-refractivity contribution in [2.24, 2.45) is 11.7 Å². The molecule has 2 aliphatic rings. The zero-order valence-corrected chi connectivity index (χ0v) is 13.0. The van der Waals surface area contributed by atoms with Crippen LogP contribution in [0.5, 0.6) is 0 Å². The Morgan fingerprint density at radius 1 is 1.29 bits per heavy atom. The van der Waals surface area contributed by atoms with E-state index in [4.69, 9.17) is 15.0 Å². The van der Waals surface area contributed by atoms with Crippen LogP contribution in [0.4, 0.5) is 0 Å². The van der Waals surface area contributed by atoms with Gasteiger partial charge in [0.25, 0.3) is 0 Å². The van der Waals surface area contributed by atoms with Crippen LogP contribution in [0.25, 0.3) is 0 Å². The molecule has 0 spiro atoms. The van der Waals surface area contributed by atoms with E-state index in [0.717, 1.165) is 18.7 Å². The van der Waals surface area contributed by atoms with Crippen molar-refractivity contribution in [2.45, 2.75) is 76.4 Å². The Labute approximate surface area is 126 Å². The van der Waals surface area contributed by atoms with Gasteiger partial charge in [-0.1, -0.05) is 24.4 Å². The first-order valence-corrected chi connectivity index (χ1v) is 8.43. The molecule has 1 aromatic heterocycles. The van der Waals surface area contributed by atoms with E-state index in [2.05, 4.69) is 10.1 Å². The predicted molar refractivity (Wildman–Crippen MR) is 79.7 cm³/mol. The van der Waals surface area contributed by atoms with Crippen molar-refractivity contribution in [2.75, 3.05) is 6.61 Å². The summed E-state index contributed by atoms with van der Waals surface area (Å²) in [5.41, 5.74) is 6.15. The molecular weight excluding hydrogens is 266 g/mol. The fourth-order valence-corrected chi connectivity index (χ4v) is 3.60. The van der Waals surface area contributed by atoms with Crippen LogP contribution in [0.1, 0.15) is 76.1 Å². The summed E-state index contributed by atoms with van der Waals surface area (Å²) in [6, 6.07) is 0. The molecular formula is C16H27N3O2. The van der Waals surface area contributed by atoms with Gasteiger partial charge in [-0.2, -0.15) is 4.98 Å². The molecule has 1 aromatic rings. The van der Waals surface area contributed by atoms with E-state index >= 15 is 0 Å². The lowest BCUT2D eigenvalue weighted by molar-refractivity contribution is -0.00145. The molecule has 0 amide bonds. The first-order chi connectivity index (χ1) is 10.2. The maximum atomic E-state index is 6.26. The van der Waals surface area contributed by atoms with Crippen LogP contribution >= 0.6 is 0 Å². The average molecular weight is 293 g/mol. The lowest BCUT2D eigenvalue weighted by Gasteiger charge is -2.36. The summed E-state index contributed by atoms with van der Waals surface area (Å²) in [4.78, 5) is 4.59. The lowest BCUT2D eigenvalue weighted by atomic mass is 9.75. The molecule has 0 aliphatic heterocycles. The SMILES string of the molecule is CCOC(c1noc(CC2(N)CCC2)n1)C1CCCCC1. The Hall–Kier alpha value is -0.940. The van der Waals surface area contributed by atoms with E-state index < -0.39 is 0 Å². The Kier molecular flexibility index (Phi) is 4.60. The summed E-state index contributed by atoms with van der Waals surface area (Å²) in [5.74, 6) is 1.93. The second-order valence-corrected chi connectivity index (χ2v) is 6.71. The largest absolute Gasteiger partial charge is 0.370 e. The van der Waals surface area contributed by atoms with Crippen molar-refractivity contribution < 1.29 is 9.26 Å². The van der Waals surface area contributed by atoms with Gasteiger partial charge < -0.3 is 15.0 Å². The Balaban J connectivity index is 1.68. The van der Waals surface area contributed by atoms with E-state index in [9.17, 15) is 0 Å². The molecule has 0 aromatic carbocycles. The maximum absolute atomic E-state index is 6.26. The molecule has 1 unspecified atom stereocenters. The van der Waals surface area contributed by atoms with E-state index in [1.54, 1.807) is 0 Å². The van der Waals surface area contributed by atoms with Gasteiger partial charge >= 0.3 is 0 Å². The highest BCUT2D eigenvalue weighted by atomic mass is 16.5. The van der Waals surface area contributed by atoms with E-state index in [1.165, 1.54) is 38.5 Å². The first kappa shape index (κ1) is 15.0. The molecule has 2 aliphatic carbocycles. The standard InChI is InChI=1S/C16H27N3O2/c1-2-20-14(12-7-4-3-5-8-12)15-18-13(21-19-15)11-16(17)9-6-10-16/h12,14H,2-11,17H2,1H3. The first-order valence-electron chi connectivity index (χ1n) is 8.43. The van der Waals surface area contributed by atoms with Crippen molar-refractivity contribution >= 4 is 0 Å². The molecule has 21 heavy (non-hydrogen) atoms. The molecule has 2 N–H and O–H groups in total. The molecule has 0 bridgehead atoms. The lowest BCUT2D eigenvalue weighted by Crippen LogP contribution is -2.48. The van der Waals surface area contributed by atoms with Gasteiger partial charge in [0.15, 0.2) is 0 Å². The Morgan fingerprint density at radius 3 is 2.67 bits per heavy atom. The third-order valence-corrected chi connectivity index (χ3v) is 5.02. The van der Waals surface area contributed by atoms with Crippen LogP contribution < -0.4 is 5.73 Å². The second kappa shape index (κ2) is 6.44. The van der Waals surface area contributed by atoms with Crippen molar-refractivity contribution in [3.8, 4) is 0 Å². The summed E-state index contributed by atoms with van der Waals surface area (Å²) in [7, 11) is 0. The Morgan fingerprint density at radius 2 is 2.05 bits per heavy atom. The van der Waals surface area contributed by atoms with E-state index in [1.807, 2.05) is 6.92 Å². The predicted octanol–water partition coefficient (Wildman–Crippen LogP) is 3.15. The van der Waals surface area contributed by atoms with Crippen LogP contribution in [-0.2, 0) is 11.2 Å². The minimum atomic E-state index is -0.115. The molecule has 2 fully saturated rings. The maximum Gasteiger partial charge on any atom is 0.228 e. The van der Waals surface area contributed by atoms with Crippen LogP contribution in [0.2, 0.25) is 0 Å². The van der Waals surface area contributed by atoms with Gasteiger partial charge in [-0.05, 0) is 44.9 Å².